The van der Waals surface area contributed by atoms with Gasteiger partial charge in [-0.2, -0.15) is 0 Å². The first-order chi connectivity index (χ1) is 13.2. The number of nitrogens with zero attached hydrogens (tertiary/aromatic N) is 2. The van der Waals surface area contributed by atoms with E-state index in [0.717, 1.165) is 6.42 Å². The van der Waals surface area contributed by atoms with Crippen LogP contribution in [0.4, 0.5) is 0 Å². The summed E-state index contributed by atoms with van der Waals surface area (Å²) < 4.78 is 10.5. The van der Waals surface area contributed by atoms with Gasteiger partial charge in [-0.05, 0) is 30.7 Å². The molecule has 0 unspecified atom stereocenters. The Bertz CT molecular complexity index is 856. The summed E-state index contributed by atoms with van der Waals surface area (Å²) in [6.45, 7) is 2.99. The molecule has 8 heteroatoms. The second kappa shape index (κ2) is 9.18. The number of rotatable bonds is 9. The number of thiazole rings is 1. The molecule has 27 heavy (non-hydrogen) atoms. The van der Waals surface area contributed by atoms with Gasteiger partial charge in [0.1, 0.15) is 22.2 Å². The highest BCUT2D eigenvalue weighted by molar-refractivity contribution is 7.09. The van der Waals surface area contributed by atoms with Crippen molar-refractivity contribution in [3.8, 4) is 0 Å². The minimum Gasteiger partial charge on any atom is -0.467 e. The molecule has 1 N–H and O–H groups in total. The molecular weight excluding hydrogens is 366 g/mol. The molecule has 0 aromatic carbocycles. The Balaban J connectivity index is 1.62. The molecule has 2 amide bonds. The van der Waals surface area contributed by atoms with E-state index in [-0.39, 0.29) is 11.8 Å². The van der Waals surface area contributed by atoms with Crippen molar-refractivity contribution in [1.29, 1.82) is 0 Å². The summed E-state index contributed by atoms with van der Waals surface area (Å²) in [5.74, 6) is 1.15. The maximum Gasteiger partial charge on any atom is 0.271 e. The van der Waals surface area contributed by atoms with Gasteiger partial charge in [-0.15, -0.1) is 11.3 Å². The van der Waals surface area contributed by atoms with E-state index in [1.54, 1.807) is 41.0 Å². The number of hydrogen-bond acceptors (Lipinski definition) is 6. The van der Waals surface area contributed by atoms with Crippen LogP contribution < -0.4 is 5.32 Å². The van der Waals surface area contributed by atoms with Crippen LogP contribution in [0.2, 0.25) is 0 Å². The van der Waals surface area contributed by atoms with Crippen LogP contribution >= 0.6 is 11.3 Å². The van der Waals surface area contributed by atoms with E-state index in [4.69, 9.17) is 8.83 Å². The minimum atomic E-state index is -0.272. The summed E-state index contributed by atoms with van der Waals surface area (Å²) in [6.07, 6.45) is 4.38. The Morgan fingerprint density at radius 3 is 2.56 bits per heavy atom. The Morgan fingerprint density at radius 1 is 1.15 bits per heavy atom. The number of carbonyl (C=O) groups is 2. The van der Waals surface area contributed by atoms with Gasteiger partial charge in [0, 0.05) is 11.8 Å². The third-order valence-corrected chi connectivity index (χ3v) is 4.69. The van der Waals surface area contributed by atoms with Gasteiger partial charge in [0.15, 0.2) is 0 Å². The van der Waals surface area contributed by atoms with Crippen LogP contribution in [0.3, 0.4) is 0 Å². The SMILES string of the molecule is CCCC(=O)N(Cc1ccco1)Cc1nc(C(=O)NCc2ccco2)cs1. The fourth-order valence-electron chi connectivity index (χ4n) is 2.52. The highest BCUT2D eigenvalue weighted by atomic mass is 32.1. The lowest BCUT2D eigenvalue weighted by Crippen LogP contribution is -2.29. The lowest BCUT2D eigenvalue weighted by Gasteiger charge is -2.20. The highest BCUT2D eigenvalue weighted by Crippen LogP contribution is 2.16. The third kappa shape index (κ3) is 5.30. The number of nitrogens with one attached hydrogen (secondary N) is 1. The molecule has 0 fully saturated rings. The van der Waals surface area contributed by atoms with Gasteiger partial charge in [-0.25, -0.2) is 4.98 Å². The van der Waals surface area contributed by atoms with Gasteiger partial charge >= 0.3 is 0 Å². The van der Waals surface area contributed by atoms with E-state index in [0.29, 0.717) is 48.3 Å². The molecule has 7 nitrogen and oxygen atoms in total. The average Bonchev–Trinajstić information content (AvgIpc) is 3.42. The lowest BCUT2D eigenvalue weighted by molar-refractivity contribution is -0.132. The smallest absolute Gasteiger partial charge is 0.271 e. The summed E-state index contributed by atoms with van der Waals surface area (Å²) in [5.41, 5.74) is 0.336. The number of amides is 2. The van der Waals surface area contributed by atoms with Gasteiger partial charge in [0.05, 0.1) is 32.2 Å². The Hall–Kier alpha value is -2.87. The maximum absolute atomic E-state index is 12.4. The van der Waals surface area contributed by atoms with Gasteiger partial charge in [0.25, 0.3) is 5.91 Å². The van der Waals surface area contributed by atoms with Crippen LogP contribution in [0, 0.1) is 0 Å². The zero-order valence-corrected chi connectivity index (χ0v) is 15.8. The van der Waals surface area contributed by atoms with E-state index in [1.807, 2.05) is 13.0 Å². The molecule has 3 aromatic rings. The van der Waals surface area contributed by atoms with E-state index in [2.05, 4.69) is 10.3 Å². The molecule has 0 saturated heterocycles. The van der Waals surface area contributed by atoms with Gasteiger partial charge < -0.3 is 19.1 Å². The maximum atomic E-state index is 12.4. The highest BCUT2D eigenvalue weighted by Gasteiger charge is 2.18. The first kappa shape index (κ1) is 18.9. The summed E-state index contributed by atoms with van der Waals surface area (Å²) in [5, 5.41) is 5.16. The quantitative estimate of drug-likeness (QED) is 0.606. The molecule has 0 aliphatic heterocycles. The number of hydrogen-bond donors (Lipinski definition) is 1. The van der Waals surface area contributed by atoms with Crippen molar-refractivity contribution in [3.63, 3.8) is 0 Å². The summed E-state index contributed by atoms with van der Waals surface area (Å²) >= 11 is 1.36. The number of furan rings is 2. The topological polar surface area (TPSA) is 88.6 Å². The first-order valence-corrected chi connectivity index (χ1v) is 9.58. The van der Waals surface area contributed by atoms with Crippen LogP contribution in [0.15, 0.2) is 51.0 Å². The first-order valence-electron chi connectivity index (χ1n) is 8.71. The van der Waals surface area contributed by atoms with Crippen molar-refractivity contribution in [2.45, 2.75) is 39.4 Å². The Labute approximate surface area is 161 Å². The molecule has 142 valence electrons. The van der Waals surface area contributed by atoms with Gasteiger partial charge in [0.2, 0.25) is 5.91 Å². The zero-order chi connectivity index (χ0) is 19.1. The molecule has 0 bridgehead atoms. The second-order valence-corrected chi connectivity index (χ2v) is 6.91. The summed E-state index contributed by atoms with van der Waals surface area (Å²) in [6, 6.07) is 7.19. The van der Waals surface area contributed by atoms with Crippen LogP contribution in [0.25, 0.3) is 0 Å². The predicted molar refractivity (Wildman–Crippen MR) is 99.9 cm³/mol. The number of carbonyl (C=O) groups excluding carboxylic acids is 2. The molecule has 0 aliphatic carbocycles. The van der Waals surface area contributed by atoms with Crippen LogP contribution in [-0.2, 0) is 24.4 Å². The van der Waals surface area contributed by atoms with Crippen LogP contribution in [0.5, 0.6) is 0 Å². The van der Waals surface area contributed by atoms with Gasteiger partial charge in [-0.3, -0.25) is 9.59 Å². The van der Waals surface area contributed by atoms with Crippen molar-refractivity contribution in [3.05, 3.63) is 64.4 Å². The molecule has 0 aliphatic rings. The summed E-state index contributed by atoms with van der Waals surface area (Å²) in [7, 11) is 0. The average molecular weight is 387 g/mol. The molecule has 0 saturated carbocycles. The van der Waals surface area contributed by atoms with E-state index < -0.39 is 0 Å². The second-order valence-electron chi connectivity index (χ2n) is 5.97. The monoisotopic (exact) mass is 387 g/mol. The van der Waals surface area contributed by atoms with E-state index >= 15 is 0 Å². The molecule has 3 aromatic heterocycles. The summed E-state index contributed by atoms with van der Waals surface area (Å²) in [4.78, 5) is 30.7. The van der Waals surface area contributed by atoms with Crippen molar-refractivity contribution < 1.29 is 18.4 Å². The molecular formula is C19H21N3O4S. The Morgan fingerprint density at radius 2 is 1.89 bits per heavy atom. The number of aromatic nitrogens is 1. The molecule has 3 rings (SSSR count). The molecule has 3 heterocycles. The van der Waals surface area contributed by atoms with Crippen molar-refractivity contribution in [2.24, 2.45) is 0 Å². The molecule has 0 spiro atoms. The minimum absolute atomic E-state index is 0.0351. The van der Waals surface area contributed by atoms with Crippen molar-refractivity contribution in [1.82, 2.24) is 15.2 Å². The van der Waals surface area contributed by atoms with Crippen LogP contribution in [-0.4, -0.2) is 21.7 Å². The third-order valence-electron chi connectivity index (χ3n) is 3.86. The van der Waals surface area contributed by atoms with Gasteiger partial charge in [-0.1, -0.05) is 6.92 Å². The van der Waals surface area contributed by atoms with Crippen LogP contribution in [0.1, 0.15) is 46.8 Å². The predicted octanol–water partition coefficient (Wildman–Crippen LogP) is 3.59. The fraction of sp³-hybridized carbons (Fsp3) is 0.316. The standard InChI is InChI=1S/C19H21N3O4S/c1-2-5-18(23)22(11-15-7-4-9-26-15)12-17-21-16(13-27-17)19(24)20-10-14-6-3-8-25-14/h3-4,6-9,13H,2,5,10-12H2,1H3,(H,20,24). The molecule has 0 radical (unpaired) electrons. The van der Waals surface area contributed by atoms with E-state index in [9.17, 15) is 9.59 Å². The largest absolute Gasteiger partial charge is 0.467 e. The normalized spacial score (nSPS) is 10.7. The van der Waals surface area contributed by atoms with Crippen molar-refractivity contribution >= 4 is 23.2 Å². The fourth-order valence-corrected chi connectivity index (χ4v) is 3.31. The van der Waals surface area contributed by atoms with Crippen molar-refractivity contribution in [2.75, 3.05) is 0 Å². The lowest BCUT2D eigenvalue weighted by atomic mass is 10.3. The molecule has 0 atom stereocenters. The zero-order valence-electron chi connectivity index (χ0n) is 15.0. The Kier molecular flexibility index (Phi) is 6.43. The van der Waals surface area contributed by atoms with E-state index in [1.165, 1.54) is 11.3 Å².